The Morgan fingerprint density at radius 2 is 1.79 bits per heavy atom. The van der Waals surface area contributed by atoms with Gasteiger partial charge in [0.05, 0.1) is 12.6 Å². The van der Waals surface area contributed by atoms with Gasteiger partial charge in [-0.05, 0) is 29.5 Å². The summed E-state index contributed by atoms with van der Waals surface area (Å²) in [6.07, 6.45) is 0.388. The minimum absolute atomic E-state index is 0.0221. The van der Waals surface area contributed by atoms with E-state index < -0.39 is 18.1 Å². The number of fused-ring (bicyclic) bond motifs is 1. The van der Waals surface area contributed by atoms with Gasteiger partial charge < -0.3 is 25.0 Å². The molecule has 0 fully saturated rings. The highest BCUT2D eigenvalue weighted by Gasteiger charge is 2.28. The zero-order valence-corrected chi connectivity index (χ0v) is 16.8. The van der Waals surface area contributed by atoms with Crippen molar-refractivity contribution in [1.82, 2.24) is 10.6 Å². The molecule has 1 atom stereocenters. The number of hydrogen-bond acceptors (Lipinski definition) is 6. The van der Waals surface area contributed by atoms with Crippen LogP contribution in [0, 0.1) is 0 Å². The molecule has 150 valence electrons. The van der Waals surface area contributed by atoms with Crippen molar-refractivity contribution in [1.29, 1.82) is 0 Å². The summed E-state index contributed by atoms with van der Waals surface area (Å²) < 4.78 is 10.0. The van der Waals surface area contributed by atoms with Crippen LogP contribution in [-0.4, -0.2) is 52.0 Å². The Bertz CT molecular complexity index is 793. The second kappa shape index (κ2) is 9.68. The highest BCUT2D eigenvalue weighted by molar-refractivity contribution is 7.10. The van der Waals surface area contributed by atoms with E-state index in [4.69, 9.17) is 9.47 Å². The average molecular weight is 404 g/mol. The maximum absolute atomic E-state index is 12.2. The lowest BCUT2D eigenvalue weighted by atomic mass is 10.1. The molecule has 0 unspecified atom stereocenters. The second-order valence-corrected chi connectivity index (χ2v) is 7.40. The zero-order valence-electron chi connectivity index (χ0n) is 16.0. The fourth-order valence-corrected chi connectivity index (χ4v) is 4.16. The Morgan fingerprint density at radius 3 is 2.46 bits per heavy atom. The number of carbonyl (C=O) groups is 2. The topological polar surface area (TPSA) is 79.9 Å². The molecular formula is C20H25N3O4S. The van der Waals surface area contributed by atoms with Gasteiger partial charge in [-0.3, -0.25) is 9.59 Å². The predicted octanol–water partition coefficient (Wildman–Crippen LogP) is 1.70. The van der Waals surface area contributed by atoms with Gasteiger partial charge in [-0.1, -0.05) is 24.3 Å². The highest BCUT2D eigenvalue weighted by atomic mass is 32.1. The molecule has 1 aliphatic rings. The number of anilines is 1. The number of ether oxygens (including phenoxy) is 2. The summed E-state index contributed by atoms with van der Waals surface area (Å²) in [6, 6.07) is 12.3. The van der Waals surface area contributed by atoms with E-state index in [1.807, 2.05) is 23.6 Å². The van der Waals surface area contributed by atoms with Crippen molar-refractivity contribution < 1.29 is 19.1 Å². The molecule has 2 aromatic rings. The van der Waals surface area contributed by atoms with Gasteiger partial charge in [0, 0.05) is 37.9 Å². The van der Waals surface area contributed by atoms with E-state index in [1.165, 1.54) is 25.5 Å². The summed E-state index contributed by atoms with van der Waals surface area (Å²) >= 11 is 1.65. The number of nitrogens with zero attached hydrogens (tertiary/aromatic N) is 1. The van der Waals surface area contributed by atoms with Crippen LogP contribution in [0.3, 0.4) is 0 Å². The summed E-state index contributed by atoms with van der Waals surface area (Å²) in [5.74, 6) is -1.37. The van der Waals surface area contributed by atoms with Crippen LogP contribution in [0.4, 0.5) is 5.69 Å². The van der Waals surface area contributed by atoms with E-state index in [2.05, 4.69) is 33.7 Å². The summed E-state index contributed by atoms with van der Waals surface area (Å²) in [5.41, 5.74) is 2.49. The molecule has 2 heterocycles. The maximum atomic E-state index is 12.2. The molecule has 28 heavy (non-hydrogen) atoms. The lowest BCUT2D eigenvalue weighted by Gasteiger charge is -2.30. The van der Waals surface area contributed by atoms with E-state index in [9.17, 15) is 9.59 Å². The van der Waals surface area contributed by atoms with E-state index in [-0.39, 0.29) is 12.6 Å². The molecule has 0 saturated carbocycles. The fourth-order valence-electron chi connectivity index (χ4n) is 3.32. The van der Waals surface area contributed by atoms with E-state index >= 15 is 0 Å². The third-order valence-electron chi connectivity index (χ3n) is 4.79. The van der Waals surface area contributed by atoms with E-state index in [0.717, 1.165) is 17.8 Å². The third-order valence-corrected chi connectivity index (χ3v) is 5.76. The van der Waals surface area contributed by atoms with Crippen molar-refractivity contribution in [3.63, 3.8) is 0 Å². The van der Waals surface area contributed by atoms with Crippen LogP contribution >= 0.6 is 11.3 Å². The first kappa shape index (κ1) is 20.3. The lowest BCUT2D eigenvalue weighted by Crippen LogP contribution is -2.46. The molecular weight excluding hydrogens is 378 g/mol. The van der Waals surface area contributed by atoms with Gasteiger partial charge in [0.1, 0.15) is 0 Å². The molecule has 8 heteroatoms. The van der Waals surface area contributed by atoms with Crippen LogP contribution in [0.5, 0.6) is 0 Å². The summed E-state index contributed by atoms with van der Waals surface area (Å²) in [7, 11) is 2.94. The van der Waals surface area contributed by atoms with Crippen molar-refractivity contribution >= 4 is 28.8 Å². The first-order chi connectivity index (χ1) is 13.6. The van der Waals surface area contributed by atoms with Crippen molar-refractivity contribution in [2.45, 2.75) is 18.8 Å². The molecule has 0 spiro atoms. The molecule has 1 aromatic carbocycles. The quantitative estimate of drug-likeness (QED) is 0.518. The normalized spacial score (nSPS) is 14.0. The van der Waals surface area contributed by atoms with Gasteiger partial charge in [0.2, 0.25) is 0 Å². The Kier molecular flexibility index (Phi) is 7.02. The van der Waals surface area contributed by atoms with Gasteiger partial charge in [0.25, 0.3) is 0 Å². The zero-order chi connectivity index (χ0) is 19.9. The molecule has 1 aliphatic heterocycles. The minimum atomic E-state index is -0.703. The molecule has 0 bridgehead atoms. The maximum Gasteiger partial charge on any atom is 0.309 e. The standard InChI is InChI=1S/C20H25N3O4S/c1-26-18(27-2)13-22-20(25)19(24)21-12-16(17-8-5-11-28-17)23-10-9-14-6-3-4-7-15(14)23/h3-8,11,16,18H,9-10,12-13H2,1-2H3,(H,21,24)(H,22,25)/t16-/m0/s1. The SMILES string of the molecule is COC(CNC(=O)C(=O)NC[C@@H](c1cccs1)N1CCc2ccccc21)OC. The number of nitrogens with one attached hydrogen (secondary N) is 2. The van der Waals surface area contributed by atoms with Gasteiger partial charge in [-0.2, -0.15) is 0 Å². The number of benzene rings is 1. The summed E-state index contributed by atoms with van der Waals surface area (Å²) in [4.78, 5) is 27.7. The Hall–Kier alpha value is -2.42. The number of hydrogen-bond donors (Lipinski definition) is 2. The molecule has 0 saturated heterocycles. The van der Waals surface area contributed by atoms with Crippen LogP contribution < -0.4 is 15.5 Å². The number of amides is 2. The Labute approximate surface area is 168 Å². The van der Waals surface area contributed by atoms with Crippen LogP contribution in [-0.2, 0) is 25.5 Å². The van der Waals surface area contributed by atoms with Crippen LogP contribution in [0.15, 0.2) is 41.8 Å². The third kappa shape index (κ3) is 4.70. The molecule has 1 aromatic heterocycles. The van der Waals surface area contributed by atoms with Gasteiger partial charge in [-0.15, -0.1) is 11.3 Å². The van der Waals surface area contributed by atoms with Crippen LogP contribution in [0.25, 0.3) is 0 Å². The second-order valence-electron chi connectivity index (χ2n) is 6.42. The Morgan fingerprint density at radius 1 is 1.07 bits per heavy atom. The molecule has 7 nitrogen and oxygen atoms in total. The molecule has 2 N–H and O–H groups in total. The van der Waals surface area contributed by atoms with Crippen molar-refractivity contribution in [3.8, 4) is 0 Å². The molecule has 3 rings (SSSR count). The first-order valence-electron chi connectivity index (χ1n) is 9.13. The van der Waals surface area contributed by atoms with E-state index in [1.54, 1.807) is 11.3 Å². The monoisotopic (exact) mass is 403 g/mol. The van der Waals surface area contributed by atoms with E-state index in [0.29, 0.717) is 6.54 Å². The van der Waals surface area contributed by atoms with Crippen LogP contribution in [0.1, 0.15) is 16.5 Å². The number of carbonyl (C=O) groups excluding carboxylic acids is 2. The predicted molar refractivity (Wildman–Crippen MR) is 108 cm³/mol. The number of methoxy groups -OCH3 is 2. The molecule has 0 aliphatic carbocycles. The van der Waals surface area contributed by atoms with Gasteiger partial charge in [0.15, 0.2) is 6.29 Å². The minimum Gasteiger partial charge on any atom is -0.361 e. The van der Waals surface area contributed by atoms with Gasteiger partial charge in [-0.25, -0.2) is 0 Å². The highest BCUT2D eigenvalue weighted by Crippen LogP contribution is 2.36. The van der Waals surface area contributed by atoms with Crippen LogP contribution in [0.2, 0.25) is 0 Å². The number of rotatable bonds is 8. The number of thiophene rings is 1. The van der Waals surface area contributed by atoms with Gasteiger partial charge >= 0.3 is 11.8 Å². The average Bonchev–Trinajstić information content (AvgIpc) is 3.39. The first-order valence-corrected chi connectivity index (χ1v) is 10.0. The van der Waals surface area contributed by atoms with Crippen molar-refractivity contribution in [2.75, 3.05) is 38.8 Å². The smallest absolute Gasteiger partial charge is 0.309 e. The molecule has 0 radical (unpaired) electrons. The largest absolute Gasteiger partial charge is 0.361 e. The Balaban J connectivity index is 1.64. The number of para-hydroxylation sites is 1. The lowest BCUT2D eigenvalue weighted by molar-refractivity contribution is -0.141. The summed E-state index contributed by atoms with van der Waals surface area (Å²) in [6.45, 7) is 1.33. The fraction of sp³-hybridized carbons (Fsp3) is 0.400. The van der Waals surface area contributed by atoms with Crippen molar-refractivity contribution in [2.24, 2.45) is 0 Å². The van der Waals surface area contributed by atoms with Crippen molar-refractivity contribution in [3.05, 3.63) is 52.2 Å². The molecule has 2 amide bonds. The summed E-state index contributed by atoms with van der Waals surface area (Å²) in [5, 5.41) is 7.31.